The maximum Gasteiger partial charge on any atom is 0.495 e. The van der Waals surface area contributed by atoms with Crippen molar-refractivity contribution in [1.82, 2.24) is 0 Å². The first-order valence-corrected chi connectivity index (χ1v) is 6.92. The standard InChI is InChI=1S/C14H19BO4S/c1-8-10(12(16)17)6-9(20)7-11(8)15-18-13(2,3)14(4,5)19-15/h6-7,20H,1-5H3,(H,16,17). The zero-order chi connectivity index (χ0) is 15.3. The fourth-order valence-electron chi connectivity index (χ4n) is 2.16. The van der Waals surface area contributed by atoms with Crippen LogP contribution in [0.3, 0.4) is 0 Å². The van der Waals surface area contributed by atoms with Crippen LogP contribution in [0.25, 0.3) is 0 Å². The summed E-state index contributed by atoms with van der Waals surface area (Å²) in [6.07, 6.45) is 0. The first-order chi connectivity index (χ1) is 9.05. The first kappa shape index (κ1) is 15.4. The van der Waals surface area contributed by atoms with Crippen LogP contribution in [0, 0.1) is 6.92 Å². The van der Waals surface area contributed by atoms with E-state index in [1.165, 1.54) is 6.07 Å². The molecule has 1 aromatic rings. The van der Waals surface area contributed by atoms with Gasteiger partial charge in [0.25, 0.3) is 0 Å². The molecule has 6 heteroatoms. The summed E-state index contributed by atoms with van der Waals surface area (Å²) < 4.78 is 11.9. The average molecular weight is 294 g/mol. The minimum atomic E-state index is -0.976. The molecule has 0 spiro atoms. The molecule has 1 saturated heterocycles. The van der Waals surface area contributed by atoms with Crippen molar-refractivity contribution in [2.24, 2.45) is 0 Å². The van der Waals surface area contributed by atoms with Crippen molar-refractivity contribution in [3.05, 3.63) is 23.3 Å². The van der Waals surface area contributed by atoms with Crippen molar-refractivity contribution in [2.75, 3.05) is 0 Å². The maximum atomic E-state index is 11.3. The third-order valence-electron chi connectivity index (χ3n) is 4.17. The minimum Gasteiger partial charge on any atom is -0.478 e. The van der Waals surface area contributed by atoms with Crippen LogP contribution in [0.15, 0.2) is 17.0 Å². The smallest absolute Gasteiger partial charge is 0.478 e. The number of rotatable bonds is 2. The maximum absolute atomic E-state index is 11.3. The van der Waals surface area contributed by atoms with Gasteiger partial charge in [-0.2, -0.15) is 0 Å². The summed E-state index contributed by atoms with van der Waals surface area (Å²) in [5.74, 6) is -0.976. The van der Waals surface area contributed by atoms with Gasteiger partial charge in [-0.15, -0.1) is 12.6 Å². The molecule has 108 valence electrons. The highest BCUT2D eigenvalue weighted by Gasteiger charge is 2.52. The van der Waals surface area contributed by atoms with E-state index in [9.17, 15) is 9.90 Å². The normalized spacial score (nSPS) is 20.2. The van der Waals surface area contributed by atoms with Gasteiger partial charge in [-0.1, -0.05) is 0 Å². The molecule has 4 nitrogen and oxygen atoms in total. The number of benzene rings is 1. The van der Waals surface area contributed by atoms with Crippen molar-refractivity contribution in [1.29, 1.82) is 0 Å². The van der Waals surface area contributed by atoms with Crippen LogP contribution in [-0.2, 0) is 9.31 Å². The summed E-state index contributed by atoms with van der Waals surface area (Å²) in [5, 5.41) is 9.25. The Kier molecular flexibility index (Phi) is 3.69. The molecule has 0 bridgehead atoms. The fraction of sp³-hybridized carbons (Fsp3) is 0.500. The summed E-state index contributed by atoms with van der Waals surface area (Å²) >= 11 is 4.27. The molecule has 1 N–H and O–H groups in total. The van der Waals surface area contributed by atoms with Crippen LogP contribution >= 0.6 is 12.6 Å². The summed E-state index contributed by atoms with van der Waals surface area (Å²) in [5.41, 5.74) is 0.671. The quantitative estimate of drug-likeness (QED) is 0.649. The molecule has 1 aliphatic rings. The molecule has 0 aromatic heterocycles. The molecular weight excluding hydrogens is 275 g/mol. The molecule has 0 amide bonds. The van der Waals surface area contributed by atoms with Crippen LogP contribution in [0.5, 0.6) is 0 Å². The fourth-order valence-corrected chi connectivity index (χ4v) is 2.43. The summed E-state index contributed by atoms with van der Waals surface area (Å²) in [6, 6.07) is 3.34. The van der Waals surface area contributed by atoms with Crippen molar-refractivity contribution < 1.29 is 19.2 Å². The molecule has 0 radical (unpaired) electrons. The Morgan fingerprint density at radius 2 is 1.70 bits per heavy atom. The van der Waals surface area contributed by atoms with E-state index in [4.69, 9.17) is 9.31 Å². The second-order valence-electron chi connectivity index (χ2n) is 6.10. The number of carboxylic acids is 1. The highest BCUT2D eigenvalue weighted by molar-refractivity contribution is 7.80. The lowest BCUT2D eigenvalue weighted by Crippen LogP contribution is -2.41. The topological polar surface area (TPSA) is 55.8 Å². The van der Waals surface area contributed by atoms with E-state index in [1.54, 1.807) is 13.0 Å². The second-order valence-corrected chi connectivity index (χ2v) is 6.62. The van der Waals surface area contributed by atoms with Crippen molar-refractivity contribution in [3.63, 3.8) is 0 Å². The number of carboxylic acid groups (broad SMARTS) is 1. The van der Waals surface area contributed by atoms with Crippen molar-refractivity contribution >= 4 is 31.2 Å². The Balaban J connectivity index is 2.48. The first-order valence-electron chi connectivity index (χ1n) is 6.47. The van der Waals surface area contributed by atoms with Crippen LogP contribution in [0.4, 0.5) is 0 Å². The molecule has 0 aliphatic carbocycles. The lowest BCUT2D eigenvalue weighted by molar-refractivity contribution is 0.00578. The average Bonchev–Trinajstić information content (AvgIpc) is 2.50. The molecule has 1 heterocycles. The summed E-state index contributed by atoms with van der Waals surface area (Å²) in [7, 11) is -0.579. The van der Waals surface area contributed by atoms with E-state index in [0.717, 1.165) is 0 Å². The molecule has 0 saturated carbocycles. The SMILES string of the molecule is Cc1c(B2OC(C)(C)C(C)(C)O2)cc(S)cc1C(=O)O. The van der Waals surface area contributed by atoms with E-state index >= 15 is 0 Å². The Hall–Kier alpha value is -0.975. The molecule has 1 aliphatic heterocycles. The molecule has 0 unspecified atom stereocenters. The Bertz CT molecular complexity index is 553. The largest absolute Gasteiger partial charge is 0.495 e. The number of aromatic carboxylic acids is 1. The molecule has 0 atom stereocenters. The molecule has 20 heavy (non-hydrogen) atoms. The Labute approximate surface area is 125 Å². The molecular formula is C14H19BO4S. The van der Waals surface area contributed by atoms with Crippen molar-refractivity contribution in [3.8, 4) is 0 Å². The number of hydrogen-bond donors (Lipinski definition) is 2. The highest BCUT2D eigenvalue weighted by atomic mass is 32.1. The predicted octanol–water partition coefficient (Wildman–Crippen LogP) is 2.28. The molecule has 2 rings (SSSR count). The van der Waals surface area contributed by atoms with Gasteiger partial charge in [0, 0.05) is 4.90 Å². The minimum absolute atomic E-state index is 0.224. The van der Waals surface area contributed by atoms with Crippen LogP contribution in [-0.4, -0.2) is 29.4 Å². The zero-order valence-corrected chi connectivity index (χ0v) is 13.2. The number of hydrogen-bond acceptors (Lipinski definition) is 4. The zero-order valence-electron chi connectivity index (χ0n) is 12.4. The van der Waals surface area contributed by atoms with Crippen molar-refractivity contribution in [2.45, 2.75) is 50.7 Å². The lowest BCUT2D eigenvalue weighted by Gasteiger charge is -2.32. The summed E-state index contributed by atoms with van der Waals surface area (Å²) in [6.45, 7) is 9.61. The van der Waals surface area contributed by atoms with Gasteiger partial charge in [0.1, 0.15) is 0 Å². The van der Waals surface area contributed by atoms with Gasteiger partial charge in [-0.25, -0.2) is 4.79 Å². The Morgan fingerprint density at radius 1 is 1.20 bits per heavy atom. The number of thiol groups is 1. The van der Waals surface area contributed by atoms with Gasteiger partial charge in [-0.05, 0) is 57.8 Å². The monoisotopic (exact) mass is 294 g/mol. The highest BCUT2D eigenvalue weighted by Crippen LogP contribution is 2.37. The van der Waals surface area contributed by atoms with E-state index < -0.39 is 24.3 Å². The van der Waals surface area contributed by atoms with Gasteiger partial charge in [0.05, 0.1) is 16.8 Å². The van der Waals surface area contributed by atoms with E-state index in [-0.39, 0.29) is 5.56 Å². The van der Waals surface area contributed by atoms with Gasteiger partial charge in [-0.3, -0.25) is 0 Å². The molecule has 1 aromatic carbocycles. The third-order valence-corrected chi connectivity index (χ3v) is 4.43. The van der Waals surface area contributed by atoms with Gasteiger partial charge in [0.2, 0.25) is 0 Å². The van der Waals surface area contributed by atoms with Crippen LogP contribution in [0.1, 0.15) is 43.6 Å². The van der Waals surface area contributed by atoms with E-state index in [2.05, 4.69) is 12.6 Å². The second kappa shape index (κ2) is 4.79. The van der Waals surface area contributed by atoms with Gasteiger partial charge >= 0.3 is 13.1 Å². The molecule has 1 fully saturated rings. The third kappa shape index (κ3) is 2.48. The van der Waals surface area contributed by atoms with Gasteiger partial charge in [0.15, 0.2) is 0 Å². The van der Waals surface area contributed by atoms with E-state index in [0.29, 0.717) is 15.9 Å². The van der Waals surface area contributed by atoms with Crippen LogP contribution < -0.4 is 5.46 Å². The van der Waals surface area contributed by atoms with Crippen LogP contribution in [0.2, 0.25) is 0 Å². The Morgan fingerprint density at radius 3 is 2.15 bits per heavy atom. The van der Waals surface area contributed by atoms with E-state index in [1.807, 2.05) is 27.7 Å². The lowest BCUT2D eigenvalue weighted by atomic mass is 9.75. The summed E-state index contributed by atoms with van der Waals surface area (Å²) in [4.78, 5) is 11.9. The predicted molar refractivity (Wildman–Crippen MR) is 81.1 cm³/mol. The number of carbonyl (C=O) groups is 1. The van der Waals surface area contributed by atoms with Gasteiger partial charge < -0.3 is 14.4 Å².